The number of fused-ring (bicyclic) bond motifs is 8. The van der Waals surface area contributed by atoms with Crippen LogP contribution in [0.4, 0.5) is 0 Å². The monoisotopic (exact) mass is 779 g/mol. The zero-order chi connectivity index (χ0) is 40.4. The molecule has 5 nitrogen and oxygen atoms in total. The highest BCUT2D eigenvalue weighted by molar-refractivity contribution is 6.12. The fourth-order valence-corrected chi connectivity index (χ4v) is 9.46. The van der Waals surface area contributed by atoms with Gasteiger partial charge in [0.1, 0.15) is 0 Å². The second-order valence-corrected chi connectivity index (χ2v) is 16.8. The SMILES string of the molecule is CC1(C)c2cc(-c3ccc4c(c3)c3ccccc3n4-c3cccc(C(/C=C(\N)C4=CC=CCC4)=N/CC4C=CC=CC4)c3)ccc2-c2cc3c(cc21)Oc1ccccc1O3. The summed E-state index contributed by atoms with van der Waals surface area (Å²) in [6, 6.07) is 43.5. The number of aliphatic imine (C=N–C) groups is 1. The van der Waals surface area contributed by atoms with E-state index in [1.54, 1.807) is 0 Å². The first-order chi connectivity index (χ1) is 29.4. The van der Waals surface area contributed by atoms with Crippen molar-refractivity contribution in [2.24, 2.45) is 16.6 Å². The first kappa shape index (κ1) is 36.0. The van der Waals surface area contributed by atoms with Gasteiger partial charge >= 0.3 is 0 Å². The summed E-state index contributed by atoms with van der Waals surface area (Å²) in [5, 5.41) is 2.43. The average molecular weight is 780 g/mol. The van der Waals surface area contributed by atoms with Crippen molar-refractivity contribution in [1.29, 1.82) is 0 Å². The lowest BCUT2D eigenvalue weighted by molar-refractivity contribution is 0.359. The van der Waals surface area contributed by atoms with Crippen molar-refractivity contribution >= 4 is 27.5 Å². The Morgan fingerprint density at radius 3 is 2.30 bits per heavy atom. The summed E-state index contributed by atoms with van der Waals surface area (Å²) in [5.74, 6) is 3.36. The van der Waals surface area contributed by atoms with E-state index >= 15 is 0 Å². The van der Waals surface area contributed by atoms with Crippen molar-refractivity contribution < 1.29 is 9.47 Å². The zero-order valence-electron chi connectivity index (χ0n) is 33.9. The van der Waals surface area contributed by atoms with Crippen LogP contribution in [-0.2, 0) is 5.41 Å². The summed E-state index contributed by atoms with van der Waals surface area (Å²) in [6.07, 6.45) is 20.1. The number of allylic oxidation sites excluding steroid dienone is 8. The Bertz CT molecular complexity index is 3090. The number of nitrogens with zero attached hydrogens (tertiary/aromatic N) is 2. The van der Waals surface area contributed by atoms with Gasteiger partial charge in [0.2, 0.25) is 0 Å². The van der Waals surface area contributed by atoms with Crippen molar-refractivity contribution in [1.82, 2.24) is 4.57 Å². The van der Waals surface area contributed by atoms with Crippen molar-refractivity contribution in [3.05, 3.63) is 198 Å². The molecular formula is C55H45N3O2. The van der Waals surface area contributed by atoms with Crippen LogP contribution < -0.4 is 15.2 Å². The quantitative estimate of drug-likeness (QED) is 0.164. The summed E-state index contributed by atoms with van der Waals surface area (Å²) in [4.78, 5) is 5.23. The highest BCUT2D eigenvalue weighted by atomic mass is 16.6. The molecule has 1 aromatic heterocycles. The number of rotatable bonds is 7. The minimum atomic E-state index is -0.224. The van der Waals surface area contributed by atoms with Gasteiger partial charge in [-0.05, 0) is 125 Å². The lowest BCUT2D eigenvalue weighted by Gasteiger charge is -2.25. The van der Waals surface area contributed by atoms with E-state index in [2.05, 4.69) is 164 Å². The van der Waals surface area contributed by atoms with Gasteiger partial charge in [-0.1, -0.05) is 117 Å². The lowest BCUT2D eigenvalue weighted by Crippen LogP contribution is -2.15. The van der Waals surface area contributed by atoms with Gasteiger partial charge in [-0.2, -0.15) is 0 Å². The average Bonchev–Trinajstić information content (AvgIpc) is 3.74. The third-order valence-corrected chi connectivity index (χ3v) is 12.7. The molecule has 0 radical (unpaired) electrons. The van der Waals surface area contributed by atoms with Gasteiger partial charge in [0, 0.05) is 45.6 Å². The van der Waals surface area contributed by atoms with E-state index in [0.717, 1.165) is 81.5 Å². The predicted octanol–water partition coefficient (Wildman–Crippen LogP) is 13.7. The topological polar surface area (TPSA) is 61.8 Å². The van der Waals surface area contributed by atoms with Gasteiger partial charge in [0.15, 0.2) is 23.0 Å². The maximum Gasteiger partial charge on any atom is 0.170 e. The van der Waals surface area contributed by atoms with Crippen LogP contribution in [0, 0.1) is 5.92 Å². The zero-order valence-corrected chi connectivity index (χ0v) is 33.9. The molecule has 292 valence electrons. The maximum absolute atomic E-state index is 6.78. The summed E-state index contributed by atoms with van der Waals surface area (Å²) in [7, 11) is 0. The van der Waals surface area contributed by atoms with E-state index in [4.69, 9.17) is 20.2 Å². The van der Waals surface area contributed by atoms with Crippen molar-refractivity contribution in [3.63, 3.8) is 0 Å². The predicted molar refractivity (Wildman–Crippen MR) is 247 cm³/mol. The Labute approximate surface area is 350 Å². The Kier molecular flexibility index (Phi) is 8.59. The van der Waals surface area contributed by atoms with E-state index in [1.807, 2.05) is 24.3 Å². The molecule has 5 heteroatoms. The van der Waals surface area contributed by atoms with E-state index in [0.29, 0.717) is 12.5 Å². The van der Waals surface area contributed by atoms with Gasteiger partial charge in [-0.25, -0.2) is 0 Å². The molecule has 6 aromatic carbocycles. The van der Waals surface area contributed by atoms with Gasteiger partial charge in [-0.3, -0.25) is 4.99 Å². The van der Waals surface area contributed by atoms with Crippen LogP contribution in [0.2, 0.25) is 0 Å². The molecule has 4 aliphatic rings. The van der Waals surface area contributed by atoms with Gasteiger partial charge in [0.25, 0.3) is 0 Å². The Morgan fingerprint density at radius 2 is 1.48 bits per heavy atom. The molecule has 0 fully saturated rings. The molecule has 0 saturated carbocycles. The van der Waals surface area contributed by atoms with Crippen molar-refractivity contribution in [2.45, 2.75) is 38.5 Å². The smallest absolute Gasteiger partial charge is 0.170 e. The first-order valence-corrected chi connectivity index (χ1v) is 21.0. The van der Waals surface area contributed by atoms with Crippen LogP contribution in [0.1, 0.15) is 49.8 Å². The van der Waals surface area contributed by atoms with E-state index in [9.17, 15) is 0 Å². The van der Waals surface area contributed by atoms with Gasteiger partial charge < -0.3 is 19.8 Å². The third kappa shape index (κ3) is 6.12. The minimum Gasteiger partial charge on any atom is -0.450 e. The third-order valence-electron chi connectivity index (χ3n) is 12.7. The van der Waals surface area contributed by atoms with E-state index in [1.165, 1.54) is 44.2 Å². The molecule has 0 saturated heterocycles. The minimum absolute atomic E-state index is 0.224. The number of aromatic nitrogens is 1. The summed E-state index contributed by atoms with van der Waals surface area (Å²) in [6.45, 7) is 5.32. The summed E-state index contributed by atoms with van der Waals surface area (Å²) in [5.41, 5.74) is 21.2. The fraction of sp³-hybridized carbons (Fsp3) is 0.145. The number of benzene rings is 6. The number of para-hydroxylation sites is 3. The van der Waals surface area contributed by atoms with E-state index < -0.39 is 0 Å². The molecule has 11 rings (SSSR count). The second kappa shape index (κ2) is 14.3. The second-order valence-electron chi connectivity index (χ2n) is 16.8. The molecule has 7 aromatic rings. The first-order valence-electron chi connectivity index (χ1n) is 21.0. The van der Waals surface area contributed by atoms with Crippen LogP contribution in [0.15, 0.2) is 186 Å². The normalized spacial score (nSPS) is 17.4. The number of hydrogen-bond acceptors (Lipinski definition) is 4. The number of nitrogens with two attached hydrogens (primary N) is 1. The molecular weight excluding hydrogens is 735 g/mol. The Hall–Kier alpha value is -7.11. The number of ether oxygens (including phenoxy) is 2. The molecule has 2 N–H and O–H groups in total. The molecule has 3 aliphatic carbocycles. The van der Waals surface area contributed by atoms with Crippen LogP contribution in [0.3, 0.4) is 0 Å². The molecule has 0 spiro atoms. The fourth-order valence-electron chi connectivity index (χ4n) is 9.46. The van der Waals surface area contributed by atoms with Crippen molar-refractivity contribution in [3.8, 4) is 50.9 Å². The standard InChI is InChI=1S/C55H45N3O2/c1-55(2)45-30-38(24-26-41(45)43-31-53-54(32-46(43)55)60-52-23-12-11-22-51(52)59-53)37-25-27-50-44(29-37)42-20-9-10-21-49(42)58(50)40-19-13-18-39(28-40)48(57-34-35-14-5-3-6-15-35)33-47(56)36-16-7-4-8-17-36/h3-7,9-14,16,18-33,35H,8,15,17,34,56H2,1-2H3/b47-33-,57-48+. The molecule has 2 heterocycles. The van der Waals surface area contributed by atoms with E-state index in [-0.39, 0.29) is 5.41 Å². The summed E-state index contributed by atoms with van der Waals surface area (Å²) < 4.78 is 15.1. The summed E-state index contributed by atoms with van der Waals surface area (Å²) >= 11 is 0. The van der Waals surface area contributed by atoms with Gasteiger partial charge in [0.05, 0.1) is 16.7 Å². The van der Waals surface area contributed by atoms with Crippen LogP contribution in [-0.4, -0.2) is 16.8 Å². The highest BCUT2D eigenvalue weighted by Gasteiger charge is 2.38. The molecule has 1 aliphatic heterocycles. The van der Waals surface area contributed by atoms with Crippen LogP contribution in [0.25, 0.3) is 49.7 Å². The highest BCUT2D eigenvalue weighted by Crippen LogP contribution is 2.55. The van der Waals surface area contributed by atoms with Gasteiger partial charge in [-0.15, -0.1) is 0 Å². The Morgan fingerprint density at radius 1 is 0.717 bits per heavy atom. The van der Waals surface area contributed by atoms with Crippen LogP contribution >= 0.6 is 0 Å². The Balaban J connectivity index is 0.970. The molecule has 1 unspecified atom stereocenters. The lowest BCUT2D eigenvalue weighted by atomic mass is 9.81. The molecule has 0 amide bonds. The molecule has 60 heavy (non-hydrogen) atoms. The van der Waals surface area contributed by atoms with Crippen molar-refractivity contribution in [2.75, 3.05) is 6.54 Å². The maximum atomic E-state index is 6.78. The molecule has 0 bridgehead atoms. The number of hydrogen-bond donors (Lipinski definition) is 1. The molecule has 1 atom stereocenters. The van der Waals surface area contributed by atoms with Crippen LogP contribution in [0.5, 0.6) is 23.0 Å². The largest absolute Gasteiger partial charge is 0.450 e.